The normalized spacial score (nSPS) is 13.4. The van der Waals surface area contributed by atoms with Gasteiger partial charge in [0.25, 0.3) is 0 Å². The van der Waals surface area contributed by atoms with Crippen LogP contribution in [-0.2, 0) is 9.53 Å². The average Bonchev–Trinajstić information content (AvgIpc) is 2.18. The molecular weight excluding hydrogens is 261 g/mol. The molecule has 0 saturated carbocycles. The first-order chi connectivity index (χ1) is 7.80. The van der Waals surface area contributed by atoms with Crippen molar-refractivity contribution in [2.45, 2.75) is 12.3 Å². The maximum atomic E-state index is 12.6. The third kappa shape index (κ3) is 4.24. The van der Waals surface area contributed by atoms with E-state index >= 15 is 0 Å². The summed E-state index contributed by atoms with van der Waals surface area (Å²) in [6.07, 6.45) is -6.95. The summed E-state index contributed by atoms with van der Waals surface area (Å²) in [5.41, 5.74) is -0.192. The predicted molar refractivity (Wildman–Crippen MR) is 53.8 cm³/mol. The highest BCUT2D eigenvalue weighted by atomic mass is 35.5. The molecule has 0 unspecified atom stereocenters. The second kappa shape index (κ2) is 5.37. The zero-order chi connectivity index (χ0) is 13.1. The molecule has 0 aliphatic rings. The van der Waals surface area contributed by atoms with E-state index in [1.54, 1.807) is 0 Å². The first-order valence-corrected chi connectivity index (χ1v) is 4.84. The number of carboxylic acid groups (broad SMARTS) is 1. The standard InChI is InChI=1S/C10H8ClF3O3/c11-7-3-1-6(2-4-7)9(10(12,13)14)17-5-8(15)16/h1-4,9H,5H2,(H,15,16)/t9-/m0/s1. The van der Waals surface area contributed by atoms with Gasteiger partial charge >= 0.3 is 12.1 Å². The SMILES string of the molecule is O=C(O)CO[C@@H](c1ccc(Cl)cc1)C(F)(F)F. The van der Waals surface area contributed by atoms with Gasteiger partial charge in [-0.15, -0.1) is 0 Å². The van der Waals surface area contributed by atoms with Gasteiger partial charge in [-0.05, 0) is 17.7 Å². The highest BCUT2D eigenvalue weighted by Gasteiger charge is 2.42. The lowest BCUT2D eigenvalue weighted by atomic mass is 10.1. The predicted octanol–water partition coefficient (Wildman–Crippen LogP) is 3.04. The molecule has 0 bridgehead atoms. The van der Waals surface area contributed by atoms with Gasteiger partial charge in [0.15, 0.2) is 6.10 Å². The molecule has 7 heteroatoms. The molecule has 0 amide bonds. The van der Waals surface area contributed by atoms with E-state index in [4.69, 9.17) is 16.7 Å². The average molecular weight is 269 g/mol. The van der Waals surface area contributed by atoms with E-state index in [0.717, 1.165) is 12.1 Å². The van der Waals surface area contributed by atoms with Gasteiger partial charge in [0.2, 0.25) is 0 Å². The summed E-state index contributed by atoms with van der Waals surface area (Å²) >= 11 is 5.54. The smallest absolute Gasteiger partial charge is 0.418 e. The molecule has 1 aromatic carbocycles. The van der Waals surface area contributed by atoms with Gasteiger partial charge < -0.3 is 9.84 Å². The molecule has 3 nitrogen and oxygen atoms in total. The highest BCUT2D eigenvalue weighted by molar-refractivity contribution is 6.30. The van der Waals surface area contributed by atoms with Crippen LogP contribution in [0.2, 0.25) is 5.02 Å². The summed E-state index contributed by atoms with van der Waals surface area (Å²) in [7, 11) is 0. The van der Waals surface area contributed by atoms with Crippen molar-refractivity contribution >= 4 is 17.6 Å². The van der Waals surface area contributed by atoms with Gasteiger partial charge in [-0.2, -0.15) is 13.2 Å². The highest BCUT2D eigenvalue weighted by Crippen LogP contribution is 2.36. The molecule has 0 radical (unpaired) electrons. The van der Waals surface area contributed by atoms with Crippen molar-refractivity contribution in [1.29, 1.82) is 0 Å². The van der Waals surface area contributed by atoms with Crippen LogP contribution in [0.15, 0.2) is 24.3 Å². The first-order valence-electron chi connectivity index (χ1n) is 4.46. The summed E-state index contributed by atoms with van der Waals surface area (Å²) in [6.45, 7) is -1.02. The van der Waals surface area contributed by atoms with Crippen molar-refractivity contribution in [3.8, 4) is 0 Å². The largest absolute Gasteiger partial charge is 0.480 e. The summed E-state index contributed by atoms with van der Waals surface area (Å²) in [5, 5.41) is 8.59. The minimum Gasteiger partial charge on any atom is -0.480 e. The molecule has 1 aromatic rings. The zero-order valence-corrected chi connectivity index (χ0v) is 9.13. The van der Waals surface area contributed by atoms with E-state index in [2.05, 4.69) is 4.74 Å². The Balaban J connectivity index is 2.90. The lowest BCUT2D eigenvalue weighted by Gasteiger charge is -2.20. The molecule has 17 heavy (non-hydrogen) atoms. The second-order valence-corrected chi connectivity index (χ2v) is 3.61. The lowest BCUT2D eigenvalue weighted by Crippen LogP contribution is -2.25. The molecule has 0 spiro atoms. The Kier molecular flexibility index (Phi) is 4.36. The van der Waals surface area contributed by atoms with Crippen molar-refractivity contribution in [1.82, 2.24) is 0 Å². The minimum absolute atomic E-state index is 0.192. The Morgan fingerprint density at radius 1 is 1.35 bits per heavy atom. The van der Waals surface area contributed by atoms with Crippen molar-refractivity contribution in [3.05, 3.63) is 34.9 Å². The lowest BCUT2D eigenvalue weighted by molar-refractivity contribution is -0.225. The molecule has 94 valence electrons. The van der Waals surface area contributed by atoms with Gasteiger partial charge in [-0.25, -0.2) is 4.79 Å². The number of halogens is 4. The van der Waals surface area contributed by atoms with Crippen LogP contribution < -0.4 is 0 Å². The molecule has 0 aliphatic carbocycles. The van der Waals surface area contributed by atoms with E-state index in [9.17, 15) is 18.0 Å². The van der Waals surface area contributed by atoms with Crippen LogP contribution in [0.25, 0.3) is 0 Å². The van der Waals surface area contributed by atoms with Crippen molar-refractivity contribution in [2.75, 3.05) is 6.61 Å². The summed E-state index contributed by atoms with van der Waals surface area (Å²) in [5.74, 6) is -1.46. The molecule has 0 aliphatic heterocycles. The van der Waals surface area contributed by atoms with Crippen molar-refractivity contribution in [2.24, 2.45) is 0 Å². The number of hydrogen-bond acceptors (Lipinski definition) is 2. The molecule has 1 N–H and O–H groups in total. The Morgan fingerprint density at radius 3 is 2.29 bits per heavy atom. The number of rotatable bonds is 4. The van der Waals surface area contributed by atoms with Gasteiger partial charge in [-0.1, -0.05) is 23.7 Å². The fourth-order valence-electron chi connectivity index (χ4n) is 1.17. The Morgan fingerprint density at radius 2 is 1.88 bits per heavy atom. The number of carbonyl (C=O) groups is 1. The van der Waals surface area contributed by atoms with E-state index in [1.165, 1.54) is 12.1 Å². The Hall–Kier alpha value is -1.27. The maximum Gasteiger partial charge on any atom is 0.418 e. The number of ether oxygens (including phenoxy) is 1. The van der Waals surface area contributed by atoms with E-state index < -0.39 is 24.9 Å². The number of carboxylic acids is 1. The monoisotopic (exact) mass is 268 g/mol. The number of alkyl halides is 3. The Bertz CT molecular complexity index is 389. The molecule has 1 atom stereocenters. The fraction of sp³-hybridized carbons (Fsp3) is 0.300. The fourth-order valence-corrected chi connectivity index (χ4v) is 1.30. The quantitative estimate of drug-likeness (QED) is 0.913. The Labute approximate surface area is 99.8 Å². The van der Waals surface area contributed by atoms with Crippen molar-refractivity contribution < 1.29 is 27.8 Å². The van der Waals surface area contributed by atoms with Crippen LogP contribution in [0, 0.1) is 0 Å². The topological polar surface area (TPSA) is 46.5 Å². The molecule has 0 aromatic heterocycles. The van der Waals surface area contributed by atoms with Crippen LogP contribution in [0.3, 0.4) is 0 Å². The second-order valence-electron chi connectivity index (χ2n) is 3.18. The molecule has 0 fully saturated rings. The van der Waals surface area contributed by atoms with Crippen LogP contribution >= 0.6 is 11.6 Å². The van der Waals surface area contributed by atoms with Gasteiger partial charge in [-0.3, -0.25) is 0 Å². The van der Waals surface area contributed by atoms with Crippen LogP contribution in [-0.4, -0.2) is 23.9 Å². The third-order valence-corrected chi connectivity index (χ3v) is 2.10. The number of aliphatic carboxylic acids is 1. The molecule has 1 rings (SSSR count). The summed E-state index contributed by atoms with van der Waals surface area (Å²) in [6, 6.07) is 4.84. The van der Waals surface area contributed by atoms with Gasteiger partial charge in [0.05, 0.1) is 0 Å². The molecule has 0 heterocycles. The van der Waals surface area contributed by atoms with Crippen LogP contribution in [0.4, 0.5) is 13.2 Å². The van der Waals surface area contributed by atoms with Gasteiger partial charge in [0, 0.05) is 5.02 Å². The summed E-state index contributed by atoms with van der Waals surface area (Å²) in [4.78, 5) is 10.2. The van der Waals surface area contributed by atoms with Crippen molar-refractivity contribution in [3.63, 3.8) is 0 Å². The first kappa shape index (κ1) is 13.8. The van der Waals surface area contributed by atoms with Gasteiger partial charge in [0.1, 0.15) is 6.61 Å². The number of hydrogen-bond donors (Lipinski definition) is 1. The third-order valence-electron chi connectivity index (χ3n) is 1.84. The van der Waals surface area contributed by atoms with E-state index in [0.29, 0.717) is 0 Å². The number of benzene rings is 1. The minimum atomic E-state index is -4.68. The summed E-state index contributed by atoms with van der Waals surface area (Å²) < 4.78 is 42.1. The van der Waals surface area contributed by atoms with Crippen LogP contribution in [0.1, 0.15) is 11.7 Å². The zero-order valence-electron chi connectivity index (χ0n) is 8.37. The molecular formula is C10H8ClF3O3. The van der Waals surface area contributed by atoms with E-state index in [1.807, 2.05) is 0 Å². The molecule has 0 saturated heterocycles. The van der Waals surface area contributed by atoms with E-state index in [-0.39, 0.29) is 10.6 Å². The maximum absolute atomic E-state index is 12.6. The van der Waals surface area contributed by atoms with Crippen LogP contribution in [0.5, 0.6) is 0 Å².